The molecule has 1 atom stereocenters. The highest BCUT2D eigenvalue weighted by atomic mass is 19.1. The van der Waals surface area contributed by atoms with Gasteiger partial charge in [0, 0.05) is 30.6 Å². The lowest BCUT2D eigenvalue weighted by Gasteiger charge is -2.15. The molecule has 0 saturated heterocycles. The van der Waals surface area contributed by atoms with Gasteiger partial charge in [-0.05, 0) is 25.8 Å². The zero-order valence-corrected chi connectivity index (χ0v) is 11.6. The first kappa shape index (κ1) is 13.2. The fourth-order valence-corrected chi connectivity index (χ4v) is 2.43. The molecule has 1 aliphatic carbocycles. The highest BCUT2D eigenvalue weighted by Gasteiger charge is 2.28. The molecule has 2 aromatic rings. The van der Waals surface area contributed by atoms with Crippen molar-refractivity contribution < 1.29 is 4.39 Å². The summed E-state index contributed by atoms with van der Waals surface area (Å²) >= 11 is 0. The van der Waals surface area contributed by atoms with Crippen LogP contribution in [0.25, 0.3) is 0 Å². The SMILES string of the molecule is CC(NCCn1cnnc1C1CC1)c1ccccc1F. The van der Waals surface area contributed by atoms with E-state index in [1.165, 1.54) is 18.9 Å². The van der Waals surface area contributed by atoms with Gasteiger partial charge in [-0.15, -0.1) is 10.2 Å². The maximum Gasteiger partial charge on any atom is 0.135 e. The molecule has 0 radical (unpaired) electrons. The van der Waals surface area contributed by atoms with Crippen molar-refractivity contribution in [2.75, 3.05) is 6.54 Å². The normalized spacial score (nSPS) is 16.3. The maximum atomic E-state index is 13.7. The number of benzene rings is 1. The van der Waals surface area contributed by atoms with E-state index in [4.69, 9.17) is 0 Å². The van der Waals surface area contributed by atoms with Crippen LogP contribution in [0.4, 0.5) is 4.39 Å². The molecule has 4 nitrogen and oxygen atoms in total. The van der Waals surface area contributed by atoms with Crippen LogP contribution < -0.4 is 5.32 Å². The molecule has 0 spiro atoms. The molecule has 1 saturated carbocycles. The summed E-state index contributed by atoms with van der Waals surface area (Å²) in [5.74, 6) is 1.53. The average molecular weight is 274 g/mol. The Kier molecular flexibility index (Phi) is 3.78. The fourth-order valence-electron chi connectivity index (χ4n) is 2.43. The van der Waals surface area contributed by atoms with Crippen molar-refractivity contribution in [1.29, 1.82) is 0 Å². The van der Waals surface area contributed by atoms with Gasteiger partial charge in [0.1, 0.15) is 18.0 Å². The van der Waals surface area contributed by atoms with E-state index in [0.717, 1.165) is 18.9 Å². The van der Waals surface area contributed by atoms with E-state index < -0.39 is 0 Å². The molecule has 3 rings (SSSR count). The minimum atomic E-state index is -0.157. The van der Waals surface area contributed by atoms with E-state index in [9.17, 15) is 4.39 Å². The van der Waals surface area contributed by atoms with Gasteiger partial charge in [0.25, 0.3) is 0 Å². The zero-order chi connectivity index (χ0) is 13.9. The monoisotopic (exact) mass is 274 g/mol. The molecule has 106 valence electrons. The molecule has 0 bridgehead atoms. The van der Waals surface area contributed by atoms with Crippen LogP contribution >= 0.6 is 0 Å². The Morgan fingerprint density at radius 2 is 2.20 bits per heavy atom. The van der Waals surface area contributed by atoms with Crippen molar-refractivity contribution in [2.24, 2.45) is 0 Å². The molecule has 0 aliphatic heterocycles. The Balaban J connectivity index is 1.54. The lowest BCUT2D eigenvalue weighted by molar-refractivity contribution is 0.499. The molecular weight excluding hydrogens is 255 g/mol. The van der Waals surface area contributed by atoms with Crippen LogP contribution in [0, 0.1) is 5.82 Å². The minimum absolute atomic E-state index is 0.00273. The van der Waals surface area contributed by atoms with Gasteiger partial charge < -0.3 is 9.88 Å². The Hall–Kier alpha value is -1.75. The standard InChI is InChI=1S/C15H19FN4/c1-11(13-4-2-3-5-14(13)16)17-8-9-20-10-18-19-15(20)12-6-7-12/h2-5,10-12,17H,6-9H2,1H3. The average Bonchev–Trinajstić information content (AvgIpc) is 3.19. The summed E-state index contributed by atoms with van der Waals surface area (Å²) in [4.78, 5) is 0. The molecule has 20 heavy (non-hydrogen) atoms. The molecule has 1 N–H and O–H groups in total. The second kappa shape index (κ2) is 5.71. The lowest BCUT2D eigenvalue weighted by Crippen LogP contribution is -2.24. The summed E-state index contributed by atoms with van der Waals surface area (Å²) in [5.41, 5.74) is 0.707. The topological polar surface area (TPSA) is 42.7 Å². The van der Waals surface area contributed by atoms with Gasteiger partial charge in [-0.1, -0.05) is 18.2 Å². The molecule has 1 aromatic heterocycles. The summed E-state index contributed by atoms with van der Waals surface area (Å²) in [6, 6.07) is 6.89. The molecule has 0 amide bonds. The third-order valence-electron chi connectivity index (χ3n) is 3.76. The molecule has 1 aliphatic rings. The molecule has 5 heteroatoms. The van der Waals surface area contributed by atoms with Crippen LogP contribution in [-0.4, -0.2) is 21.3 Å². The zero-order valence-electron chi connectivity index (χ0n) is 11.6. The number of hydrogen-bond acceptors (Lipinski definition) is 3. The third-order valence-corrected chi connectivity index (χ3v) is 3.76. The number of halogens is 1. The Morgan fingerprint density at radius 1 is 1.40 bits per heavy atom. The van der Waals surface area contributed by atoms with Crippen LogP contribution in [-0.2, 0) is 6.54 Å². The van der Waals surface area contributed by atoms with Crippen molar-refractivity contribution in [3.63, 3.8) is 0 Å². The first-order valence-corrected chi connectivity index (χ1v) is 7.11. The van der Waals surface area contributed by atoms with Gasteiger partial charge in [0.2, 0.25) is 0 Å². The Bertz CT molecular complexity index is 577. The van der Waals surface area contributed by atoms with Crippen LogP contribution in [0.15, 0.2) is 30.6 Å². The van der Waals surface area contributed by atoms with Crippen LogP contribution in [0.5, 0.6) is 0 Å². The van der Waals surface area contributed by atoms with E-state index in [0.29, 0.717) is 11.5 Å². The number of hydrogen-bond donors (Lipinski definition) is 1. The van der Waals surface area contributed by atoms with Crippen LogP contribution in [0.3, 0.4) is 0 Å². The summed E-state index contributed by atoms with van der Waals surface area (Å²) < 4.78 is 15.7. The summed E-state index contributed by atoms with van der Waals surface area (Å²) in [6.45, 7) is 3.57. The van der Waals surface area contributed by atoms with Crippen molar-refractivity contribution >= 4 is 0 Å². The first-order valence-electron chi connectivity index (χ1n) is 7.11. The first-order chi connectivity index (χ1) is 9.75. The number of rotatable bonds is 6. The van der Waals surface area contributed by atoms with Gasteiger partial charge in [-0.25, -0.2) is 4.39 Å². The summed E-state index contributed by atoms with van der Waals surface area (Å²) in [5, 5.41) is 11.5. The number of aromatic nitrogens is 3. The van der Waals surface area contributed by atoms with Gasteiger partial charge in [-0.2, -0.15) is 0 Å². The van der Waals surface area contributed by atoms with Gasteiger partial charge in [-0.3, -0.25) is 0 Å². The van der Waals surface area contributed by atoms with E-state index in [-0.39, 0.29) is 11.9 Å². The maximum absolute atomic E-state index is 13.7. The van der Waals surface area contributed by atoms with E-state index in [2.05, 4.69) is 20.1 Å². The van der Waals surface area contributed by atoms with Crippen molar-refractivity contribution in [1.82, 2.24) is 20.1 Å². The third kappa shape index (κ3) is 2.88. The fraction of sp³-hybridized carbons (Fsp3) is 0.467. The molecule has 1 heterocycles. The van der Waals surface area contributed by atoms with Crippen LogP contribution in [0.2, 0.25) is 0 Å². The van der Waals surface area contributed by atoms with Crippen molar-refractivity contribution in [2.45, 2.75) is 38.3 Å². The summed E-state index contributed by atoms with van der Waals surface area (Å²) in [6.07, 6.45) is 4.22. The predicted molar refractivity (Wildman–Crippen MR) is 74.8 cm³/mol. The molecular formula is C15H19FN4. The number of nitrogens with one attached hydrogen (secondary N) is 1. The quantitative estimate of drug-likeness (QED) is 0.880. The van der Waals surface area contributed by atoms with Gasteiger partial charge >= 0.3 is 0 Å². The largest absolute Gasteiger partial charge is 0.316 e. The van der Waals surface area contributed by atoms with E-state index in [1.54, 1.807) is 12.4 Å². The minimum Gasteiger partial charge on any atom is -0.316 e. The van der Waals surface area contributed by atoms with Crippen molar-refractivity contribution in [3.05, 3.63) is 47.8 Å². The molecule has 1 aromatic carbocycles. The van der Waals surface area contributed by atoms with Crippen molar-refractivity contribution in [3.8, 4) is 0 Å². The van der Waals surface area contributed by atoms with Gasteiger partial charge in [0.15, 0.2) is 0 Å². The van der Waals surface area contributed by atoms with Crippen LogP contribution in [0.1, 0.15) is 43.1 Å². The Morgan fingerprint density at radius 3 is 2.95 bits per heavy atom. The number of nitrogens with zero attached hydrogens (tertiary/aromatic N) is 3. The lowest BCUT2D eigenvalue weighted by atomic mass is 10.1. The second-order valence-corrected chi connectivity index (χ2v) is 5.35. The highest BCUT2D eigenvalue weighted by molar-refractivity contribution is 5.20. The molecule has 1 unspecified atom stereocenters. The van der Waals surface area contributed by atoms with Gasteiger partial charge in [0.05, 0.1) is 0 Å². The second-order valence-electron chi connectivity index (χ2n) is 5.35. The Labute approximate surface area is 118 Å². The smallest absolute Gasteiger partial charge is 0.135 e. The van der Waals surface area contributed by atoms with E-state index in [1.807, 2.05) is 19.1 Å². The predicted octanol–water partition coefficient (Wildman–Crippen LogP) is 2.65. The van der Waals surface area contributed by atoms with E-state index >= 15 is 0 Å². The summed E-state index contributed by atoms with van der Waals surface area (Å²) in [7, 11) is 0. The highest BCUT2D eigenvalue weighted by Crippen LogP contribution is 2.38. The molecule has 1 fully saturated rings.